The number of carbonyl (C=O) groups is 1. The standard InChI is InChI=1S/C19H24N2O5/c1-23-13-10-17(25-3)14(18(11-13)26-4)7-8-21-19(22)12-5-6-16(24-2)15(20)9-12/h5-6,9-11H,7-8,20H2,1-4H3,(H,21,22). The fraction of sp³-hybridized carbons (Fsp3) is 0.316. The molecule has 0 radical (unpaired) electrons. The van der Waals surface area contributed by atoms with Crippen molar-refractivity contribution in [2.75, 3.05) is 40.7 Å². The summed E-state index contributed by atoms with van der Waals surface area (Å²) >= 11 is 0. The lowest BCUT2D eigenvalue weighted by atomic mass is 10.1. The van der Waals surface area contributed by atoms with Crippen LogP contribution in [-0.4, -0.2) is 40.9 Å². The van der Waals surface area contributed by atoms with E-state index in [4.69, 9.17) is 24.7 Å². The van der Waals surface area contributed by atoms with Gasteiger partial charge in [-0.3, -0.25) is 4.79 Å². The number of hydrogen-bond acceptors (Lipinski definition) is 6. The molecule has 0 saturated carbocycles. The first kappa shape index (κ1) is 19.2. The summed E-state index contributed by atoms with van der Waals surface area (Å²) in [7, 11) is 6.27. The number of nitrogens with one attached hydrogen (secondary N) is 1. The molecule has 0 aliphatic carbocycles. The van der Waals surface area contributed by atoms with Gasteiger partial charge in [-0.15, -0.1) is 0 Å². The Morgan fingerprint density at radius 1 is 0.923 bits per heavy atom. The zero-order chi connectivity index (χ0) is 19.1. The van der Waals surface area contributed by atoms with Crippen LogP contribution < -0.4 is 30.0 Å². The van der Waals surface area contributed by atoms with Crippen LogP contribution in [0.4, 0.5) is 5.69 Å². The first-order valence-corrected chi connectivity index (χ1v) is 8.04. The lowest BCUT2D eigenvalue weighted by Crippen LogP contribution is -2.26. The van der Waals surface area contributed by atoms with Gasteiger partial charge in [0, 0.05) is 29.8 Å². The van der Waals surface area contributed by atoms with Crippen LogP contribution in [-0.2, 0) is 6.42 Å². The summed E-state index contributed by atoms with van der Waals surface area (Å²) in [5.74, 6) is 2.24. The largest absolute Gasteiger partial charge is 0.496 e. The molecule has 2 rings (SSSR count). The number of benzene rings is 2. The Morgan fingerprint density at radius 2 is 1.54 bits per heavy atom. The lowest BCUT2D eigenvalue weighted by molar-refractivity contribution is 0.0954. The molecule has 0 aromatic heterocycles. The minimum absolute atomic E-state index is 0.217. The van der Waals surface area contributed by atoms with E-state index in [0.717, 1.165) is 5.56 Å². The number of methoxy groups -OCH3 is 4. The number of nitrogens with two attached hydrogens (primary N) is 1. The van der Waals surface area contributed by atoms with Gasteiger partial charge in [-0.05, 0) is 24.6 Å². The maximum atomic E-state index is 12.3. The predicted octanol–water partition coefficient (Wildman–Crippen LogP) is 2.28. The van der Waals surface area contributed by atoms with E-state index < -0.39 is 0 Å². The van der Waals surface area contributed by atoms with Gasteiger partial charge in [0.05, 0.1) is 34.1 Å². The van der Waals surface area contributed by atoms with Gasteiger partial charge in [-0.2, -0.15) is 0 Å². The summed E-state index contributed by atoms with van der Waals surface area (Å²) in [6, 6.07) is 8.48. The van der Waals surface area contributed by atoms with Gasteiger partial charge in [-0.25, -0.2) is 0 Å². The van der Waals surface area contributed by atoms with Crippen LogP contribution in [0.1, 0.15) is 15.9 Å². The number of anilines is 1. The molecule has 0 aliphatic heterocycles. The SMILES string of the molecule is COc1cc(OC)c(CCNC(=O)c2ccc(OC)c(N)c2)c(OC)c1. The fourth-order valence-corrected chi connectivity index (χ4v) is 2.60. The molecule has 0 saturated heterocycles. The Kier molecular flexibility index (Phi) is 6.54. The zero-order valence-electron chi connectivity index (χ0n) is 15.4. The Labute approximate surface area is 153 Å². The second-order valence-corrected chi connectivity index (χ2v) is 5.47. The van der Waals surface area contributed by atoms with Crippen LogP contribution in [0.3, 0.4) is 0 Å². The third kappa shape index (κ3) is 4.30. The molecule has 0 atom stereocenters. The monoisotopic (exact) mass is 360 g/mol. The van der Waals surface area contributed by atoms with E-state index in [2.05, 4.69) is 5.32 Å². The van der Waals surface area contributed by atoms with E-state index in [0.29, 0.717) is 47.2 Å². The van der Waals surface area contributed by atoms with Crippen LogP contribution in [0.15, 0.2) is 30.3 Å². The van der Waals surface area contributed by atoms with E-state index >= 15 is 0 Å². The van der Waals surface area contributed by atoms with Crippen molar-refractivity contribution in [1.29, 1.82) is 0 Å². The fourth-order valence-electron chi connectivity index (χ4n) is 2.60. The number of ether oxygens (including phenoxy) is 4. The van der Waals surface area contributed by atoms with E-state index in [1.807, 2.05) is 0 Å². The highest BCUT2D eigenvalue weighted by atomic mass is 16.5. The predicted molar refractivity (Wildman–Crippen MR) is 99.5 cm³/mol. The Hall–Kier alpha value is -3.09. The Morgan fingerprint density at radius 3 is 2.04 bits per heavy atom. The van der Waals surface area contributed by atoms with Crippen LogP contribution in [0.2, 0.25) is 0 Å². The van der Waals surface area contributed by atoms with E-state index in [1.54, 1.807) is 51.7 Å². The molecular weight excluding hydrogens is 336 g/mol. The van der Waals surface area contributed by atoms with Crippen molar-refractivity contribution in [3.63, 3.8) is 0 Å². The van der Waals surface area contributed by atoms with Crippen molar-refractivity contribution < 1.29 is 23.7 Å². The highest BCUT2D eigenvalue weighted by molar-refractivity contribution is 5.95. The highest BCUT2D eigenvalue weighted by Gasteiger charge is 2.14. The third-order valence-electron chi connectivity index (χ3n) is 3.97. The molecule has 0 fully saturated rings. The van der Waals surface area contributed by atoms with Crippen molar-refractivity contribution in [3.05, 3.63) is 41.5 Å². The van der Waals surface area contributed by atoms with Crippen molar-refractivity contribution in [2.45, 2.75) is 6.42 Å². The second-order valence-electron chi connectivity index (χ2n) is 5.47. The van der Waals surface area contributed by atoms with Crippen LogP contribution in [0, 0.1) is 0 Å². The molecule has 0 unspecified atom stereocenters. The molecule has 0 heterocycles. The quantitative estimate of drug-likeness (QED) is 0.702. The van der Waals surface area contributed by atoms with Crippen molar-refractivity contribution in [2.24, 2.45) is 0 Å². The summed E-state index contributed by atoms with van der Waals surface area (Å²) in [4.78, 5) is 12.3. The highest BCUT2D eigenvalue weighted by Crippen LogP contribution is 2.34. The van der Waals surface area contributed by atoms with E-state index in [1.165, 1.54) is 7.11 Å². The summed E-state index contributed by atoms with van der Waals surface area (Å²) in [5, 5.41) is 2.87. The van der Waals surface area contributed by atoms with Gasteiger partial charge in [0.2, 0.25) is 0 Å². The molecule has 7 heteroatoms. The van der Waals surface area contributed by atoms with Crippen molar-refractivity contribution in [1.82, 2.24) is 5.32 Å². The number of amides is 1. The molecule has 0 spiro atoms. The van der Waals surface area contributed by atoms with Gasteiger partial charge in [-0.1, -0.05) is 0 Å². The molecule has 0 aliphatic rings. The normalized spacial score (nSPS) is 10.2. The molecule has 7 nitrogen and oxygen atoms in total. The number of rotatable bonds is 8. The summed E-state index contributed by atoms with van der Waals surface area (Å²) in [5.41, 5.74) is 7.58. The summed E-state index contributed by atoms with van der Waals surface area (Å²) in [6.45, 7) is 0.407. The maximum absolute atomic E-state index is 12.3. The molecule has 1 amide bonds. The third-order valence-corrected chi connectivity index (χ3v) is 3.97. The number of carbonyl (C=O) groups excluding carboxylic acids is 1. The molecule has 2 aromatic rings. The zero-order valence-corrected chi connectivity index (χ0v) is 15.4. The molecule has 3 N–H and O–H groups in total. The number of nitrogen functional groups attached to an aromatic ring is 1. The summed E-state index contributed by atoms with van der Waals surface area (Å²) in [6.07, 6.45) is 0.535. The molecule has 140 valence electrons. The number of hydrogen-bond donors (Lipinski definition) is 2. The second kappa shape index (κ2) is 8.84. The van der Waals surface area contributed by atoms with Crippen LogP contribution in [0.25, 0.3) is 0 Å². The van der Waals surface area contributed by atoms with Gasteiger partial charge in [0.1, 0.15) is 23.0 Å². The average Bonchev–Trinajstić information content (AvgIpc) is 2.67. The molecular formula is C19H24N2O5. The Balaban J connectivity index is 2.07. The molecule has 0 bridgehead atoms. The Bertz CT molecular complexity index is 752. The van der Waals surface area contributed by atoms with E-state index in [9.17, 15) is 4.79 Å². The van der Waals surface area contributed by atoms with Gasteiger partial charge < -0.3 is 30.0 Å². The summed E-state index contributed by atoms with van der Waals surface area (Å²) < 4.78 is 21.1. The lowest BCUT2D eigenvalue weighted by Gasteiger charge is -2.15. The minimum atomic E-state index is -0.217. The van der Waals surface area contributed by atoms with E-state index in [-0.39, 0.29) is 5.91 Å². The van der Waals surface area contributed by atoms with Crippen LogP contribution >= 0.6 is 0 Å². The average molecular weight is 360 g/mol. The smallest absolute Gasteiger partial charge is 0.251 e. The van der Waals surface area contributed by atoms with Gasteiger partial charge in [0.15, 0.2) is 0 Å². The maximum Gasteiger partial charge on any atom is 0.251 e. The van der Waals surface area contributed by atoms with Gasteiger partial charge in [0.25, 0.3) is 5.91 Å². The van der Waals surface area contributed by atoms with Gasteiger partial charge >= 0.3 is 0 Å². The minimum Gasteiger partial charge on any atom is -0.496 e. The first-order valence-electron chi connectivity index (χ1n) is 8.04. The molecule has 26 heavy (non-hydrogen) atoms. The first-order chi connectivity index (χ1) is 12.5. The van der Waals surface area contributed by atoms with Crippen molar-refractivity contribution in [3.8, 4) is 23.0 Å². The topological polar surface area (TPSA) is 92.0 Å². The van der Waals surface area contributed by atoms with Crippen LogP contribution in [0.5, 0.6) is 23.0 Å². The van der Waals surface area contributed by atoms with Crippen molar-refractivity contribution >= 4 is 11.6 Å². The molecule has 2 aromatic carbocycles.